The zero-order chi connectivity index (χ0) is 29.4. The van der Waals surface area contributed by atoms with Crippen LogP contribution in [0.1, 0.15) is 92.7 Å². The van der Waals surface area contributed by atoms with Gasteiger partial charge in [-0.2, -0.15) is 0 Å². The molecule has 6 rings (SSSR count). The summed E-state index contributed by atoms with van der Waals surface area (Å²) in [5.74, 6) is 2.44. The highest BCUT2D eigenvalue weighted by atomic mass is 35.5. The van der Waals surface area contributed by atoms with E-state index in [1.54, 1.807) is 5.56 Å². The Morgan fingerprint density at radius 1 is 0.907 bits per heavy atom. The van der Waals surface area contributed by atoms with E-state index in [1.165, 1.54) is 82.2 Å². The molecule has 2 aromatic rings. The first-order chi connectivity index (χ1) is 20.2. The van der Waals surface area contributed by atoms with Gasteiger partial charge in [-0.1, -0.05) is 138 Å². The number of halogens is 1. The lowest BCUT2D eigenvalue weighted by Crippen LogP contribution is -2.19. The Balaban J connectivity index is 0.00000368. The van der Waals surface area contributed by atoms with Crippen molar-refractivity contribution in [2.75, 3.05) is 0 Å². The molecule has 43 heavy (non-hydrogen) atoms. The molecule has 1 fully saturated rings. The predicted octanol–water partition coefficient (Wildman–Crippen LogP) is 11.5. The summed E-state index contributed by atoms with van der Waals surface area (Å²) in [6.07, 6.45) is 28.2. The number of aryl methyl sites for hydroxylation is 1. The van der Waals surface area contributed by atoms with E-state index >= 15 is 0 Å². The molecule has 0 radical (unpaired) electrons. The van der Waals surface area contributed by atoms with Crippen molar-refractivity contribution < 1.29 is 0 Å². The quantitative estimate of drug-likeness (QED) is 0.302. The first-order valence-electron chi connectivity index (χ1n) is 16.2. The van der Waals surface area contributed by atoms with Crippen LogP contribution in [0.25, 0.3) is 5.57 Å². The van der Waals surface area contributed by atoms with Crippen LogP contribution in [-0.4, -0.2) is 0 Å². The van der Waals surface area contributed by atoms with Gasteiger partial charge in [-0.15, -0.1) is 12.4 Å². The standard InChI is InChI=1S/C42H48.ClH/c1-28-11-14-31(15-12-28)24-37-18-16-32(25-41(37)42(4,5)6)23-30(3)34-17-13-29(2)40(27-34)36-20-19-35(26-36)39-22-21-33-9-7-8-10-38(33)39;/h7-10,13,16-22,25-28,31,36,38H,3,11-12,14-15,23-24H2,1-2,4-6H3;1H. The smallest absolute Gasteiger partial charge is 0.0278 e. The Morgan fingerprint density at radius 2 is 1.70 bits per heavy atom. The highest BCUT2D eigenvalue weighted by Crippen LogP contribution is 2.41. The third-order valence-corrected chi connectivity index (χ3v) is 10.1. The summed E-state index contributed by atoms with van der Waals surface area (Å²) in [4.78, 5) is 0. The number of benzene rings is 2. The molecule has 0 amide bonds. The van der Waals surface area contributed by atoms with Gasteiger partial charge in [-0.05, 0) is 106 Å². The Bertz CT molecular complexity index is 1550. The molecule has 0 nitrogen and oxygen atoms in total. The van der Waals surface area contributed by atoms with Crippen LogP contribution in [0.5, 0.6) is 0 Å². The third kappa shape index (κ3) is 6.86. The van der Waals surface area contributed by atoms with Crippen LogP contribution >= 0.6 is 12.4 Å². The Labute approximate surface area is 267 Å². The van der Waals surface area contributed by atoms with Crippen molar-refractivity contribution >= 4 is 18.0 Å². The normalized spacial score (nSPS) is 24.3. The van der Waals surface area contributed by atoms with E-state index in [4.69, 9.17) is 0 Å². The molecule has 2 unspecified atom stereocenters. The van der Waals surface area contributed by atoms with E-state index in [9.17, 15) is 0 Å². The summed E-state index contributed by atoms with van der Waals surface area (Å²) in [5.41, 5.74) is 13.9. The number of allylic oxidation sites excluding steroid dienone is 13. The number of hydrogen-bond acceptors (Lipinski definition) is 0. The Morgan fingerprint density at radius 3 is 2.47 bits per heavy atom. The van der Waals surface area contributed by atoms with Gasteiger partial charge < -0.3 is 0 Å². The second-order valence-electron chi connectivity index (χ2n) is 14.4. The lowest BCUT2D eigenvalue weighted by atomic mass is 9.76. The molecule has 0 spiro atoms. The van der Waals surface area contributed by atoms with Gasteiger partial charge in [-0.25, -0.2) is 0 Å². The van der Waals surface area contributed by atoms with Crippen molar-refractivity contribution in [1.82, 2.24) is 0 Å². The van der Waals surface area contributed by atoms with E-state index in [2.05, 4.69) is 132 Å². The maximum Gasteiger partial charge on any atom is 0.0278 e. The molecule has 0 aliphatic heterocycles. The molecule has 224 valence electrons. The van der Waals surface area contributed by atoms with Crippen LogP contribution in [0.15, 0.2) is 114 Å². The van der Waals surface area contributed by atoms with Crippen molar-refractivity contribution in [2.24, 2.45) is 17.8 Å². The molecule has 2 aromatic carbocycles. The SMILES string of the molecule is C=C(Cc1ccc(CC2CCC(C)CC2)c(C(C)(C)C)c1)c1ccc(C)c(C2C=CC(C3=CC=C4C=CC=CC43)=C2)c1.Cl. The molecule has 0 saturated heterocycles. The second-order valence-corrected chi connectivity index (χ2v) is 14.4. The highest BCUT2D eigenvalue weighted by Gasteiger charge is 2.26. The monoisotopic (exact) mass is 588 g/mol. The van der Waals surface area contributed by atoms with E-state index in [1.807, 2.05) is 0 Å². The molecular weight excluding hydrogens is 540 g/mol. The second kappa shape index (κ2) is 12.9. The lowest BCUT2D eigenvalue weighted by Gasteiger charge is -2.29. The topological polar surface area (TPSA) is 0 Å². The zero-order valence-electron chi connectivity index (χ0n) is 26.8. The molecule has 1 saturated carbocycles. The summed E-state index contributed by atoms with van der Waals surface area (Å²) in [7, 11) is 0. The number of fused-ring (bicyclic) bond motifs is 1. The van der Waals surface area contributed by atoms with Gasteiger partial charge >= 0.3 is 0 Å². The van der Waals surface area contributed by atoms with Crippen LogP contribution < -0.4 is 0 Å². The fourth-order valence-electron chi connectivity index (χ4n) is 7.48. The molecule has 0 bridgehead atoms. The summed E-state index contributed by atoms with van der Waals surface area (Å²) in [6, 6.07) is 14.2. The molecule has 4 aliphatic carbocycles. The van der Waals surface area contributed by atoms with Gasteiger partial charge in [0.15, 0.2) is 0 Å². The summed E-state index contributed by atoms with van der Waals surface area (Å²) in [6.45, 7) is 16.4. The minimum absolute atomic E-state index is 0. The molecule has 2 atom stereocenters. The lowest BCUT2D eigenvalue weighted by molar-refractivity contribution is 0.288. The van der Waals surface area contributed by atoms with Crippen LogP contribution in [0.2, 0.25) is 0 Å². The fraction of sp³-hybridized carbons (Fsp3) is 0.381. The highest BCUT2D eigenvalue weighted by molar-refractivity contribution is 5.85. The Hall–Kier alpha value is -3.09. The van der Waals surface area contributed by atoms with Gasteiger partial charge in [0.2, 0.25) is 0 Å². The summed E-state index contributed by atoms with van der Waals surface area (Å²) < 4.78 is 0. The average molecular weight is 589 g/mol. The summed E-state index contributed by atoms with van der Waals surface area (Å²) >= 11 is 0. The Kier molecular flexibility index (Phi) is 9.38. The molecule has 0 N–H and O–H groups in total. The first-order valence-corrected chi connectivity index (χ1v) is 16.2. The van der Waals surface area contributed by atoms with Crippen molar-refractivity contribution in [3.63, 3.8) is 0 Å². The average Bonchev–Trinajstić information content (AvgIpc) is 3.62. The largest absolute Gasteiger partial charge is 0.147 e. The number of rotatable bonds is 7. The van der Waals surface area contributed by atoms with Crippen LogP contribution in [0, 0.1) is 24.7 Å². The van der Waals surface area contributed by atoms with Crippen LogP contribution in [-0.2, 0) is 18.3 Å². The fourth-order valence-corrected chi connectivity index (χ4v) is 7.48. The maximum absolute atomic E-state index is 4.59. The maximum atomic E-state index is 4.59. The predicted molar refractivity (Wildman–Crippen MR) is 189 cm³/mol. The van der Waals surface area contributed by atoms with Crippen molar-refractivity contribution in [3.05, 3.63) is 148 Å². The van der Waals surface area contributed by atoms with Crippen LogP contribution in [0.3, 0.4) is 0 Å². The van der Waals surface area contributed by atoms with Gasteiger partial charge in [0, 0.05) is 11.8 Å². The van der Waals surface area contributed by atoms with Crippen LogP contribution in [0.4, 0.5) is 0 Å². The van der Waals surface area contributed by atoms with E-state index < -0.39 is 0 Å². The molecule has 4 aliphatic rings. The van der Waals surface area contributed by atoms with E-state index in [-0.39, 0.29) is 17.8 Å². The van der Waals surface area contributed by atoms with Crippen molar-refractivity contribution in [1.29, 1.82) is 0 Å². The third-order valence-electron chi connectivity index (χ3n) is 10.1. The zero-order valence-corrected chi connectivity index (χ0v) is 27.6. The molecule has 0 heterocycles. The van der Waals surface area contributed by atoms with Gasteiger partial charge in [0.1, 0.15) is 0 Å². The minimum Gasteiger partial charge on any atom is -0.147 e. The van der Waals surface area contributed by atoms with Crippen molar-refractivity contribution in [2.45, 2.75) is 84.5 Å². The first kappa shape index (κ1) is 31.3. The minimum atomic E-state index is 0. The van der Waals surface area contributed by atoms with Gasteiger partial charge in [0.25, 0.3) is 0 Å². The number of hydrogen-bond donors (Lipinski definition) is 0. The van der Waals surface area contributed by atoms with E-state index in [0.29, 0.717) is 11.8 Å². The van der Waals surface area contributed by atoms with Crippen molar-refractivity contribution in [3.8, 4) is 0 Å². The molecule has 0 aromatic heterocycles. The summed E-state index contributed by atoms with van der Waals surface area (Å²) in [5, 5.41) is 0. The molecular formula is C42H49Cl. The molecule has 1 heteroatoms. The van der Waals surface area contributed by atoms with E-state index in [0.717, 1.165) is 18.3 Å². The van der Waals surface area contributed by atoms with Gasteiger partial charge in [-0.3, -0.25) is 0 Å². The van der Waals surface area contributed by atoms with Gasteiger partial charge in [0.05, 0.1) is 0 Å².